The third kappa shape index (κ3) is 8.05. The minimum atomic E-state index is 0. The minimum Gasteiger partial charge on any atom is -0.497 e. The van der Waals surface area contributed by atoms with E-state index in [0.717, 1.165) is 60.8 Å². The summed E-state index contributed by atoms with van der Waals surface area (Å²) < 4.78 is 5.28. The van der Waals surface area contributed by atoms with Crippen molar-refractivity contribution in [2.45, 2.75) is 45.7 Å². The SMILES string of the molecule is CCNC(=NCc1cccc(NC(=O)C2CCCC2)c1)NCc1cccc(OC)c1.I. The molecule has 0 spiro atoms. The van der Waals surface area contributed by atoms with Crippen LogP contribution in [0.5, 0.6) is 5.75 Å². The number of benzene rings is 2. The fourth-order valence-corrected chi connectivity index (χ4v) is 3.66. The number of hydrogen-bond acceptors (Lipinski definition) is 3. The number of ether oxygens (including phenoxy) is 1. The number of nitrogens with zero attached hydrogens (tertiary/aromatic N) is 1. The molecule has 0 bridgehead atoms. The second-order valence-electron chi connectivity index (χ2n) is 7.57. The van der Waals surface area contributed by atoms with Crippen LogP contribution in [-0.4, -0.2) is 25.5 Å². The Morgan fingerprint density at radius 2 is 1.81 bits per heavy atom. The lowest BCUT2D eigenvalue weighted by molar-refractivity contribution is -0.119. The normalized spacial score (nSPS) is 13.9. The lowest BCUT2D eigenvalue weighted by Crippen LogP contribution is -2.36. The van der Waals surface area contributed by atoms with Gasteiger partial charge in [-0.2, -0.15) is 0 Å². The lowest BCUT2D eigenvalue weighted by atomic mass is 10.1. The largest absolute Gasteiger partial charge is 0.497 e. The van der Waals surface area contributed by atoms with Crippen molar-refractivity contribution in [2.24, 2.45) is 10.9 Å². The number of methoxy groups -OCH3 is 1. The van der Waals surface area contributed by atoms with Crippen molar-refractivity contribution in [1.82, 2.24) is 10.6 Å². The molecule has 1 aliphatic rings. The van der Waals surface area contributed by atoms with Crippen LogP contribution in [0.2, 0.25) is 0 Å². The van der Waals surface area contributed by atoms with Crippen LogP contribution >= 0.6 is 24.0 Å². The maximum absolute atomic E-state index is 12.4. The summed E-state index contributed by atoms with van der Waals surface area (Å²) in [6.45, 7) is 4.00. The Morgan fingerprint density at radius 3 is 2.55 bits per heavy atom. The van der Waals surface area contributed by atoms with E-state index in [1.165, 1.54) is 0 Å². The molecule has 0 aliphatic heterocycles. The van der Waals surface area contributed by atoms with Crippen LogP contribution in [0.1, 0.15) is 43.7 Å². The molecule has 1 amide bonds. The molecule has 7 heteroatoms. The molecule has 6 nitrogen and oxygen atoms in total. The van der Waals surface area contributed by atoms with Crippen molar-refractivity contribution in [2.75, 3.05) is 19.0 Å². The molecule has 2 aromatic carbocycles. The van der Waals surface area contributed by atoms with Crippen LogP contribution in [0.15, 0.2) is 53.5 Å². The van der Waals surface area contributed by atoms with Crippen LogP contribution in [0, 0.1) is 5.92 Å². The van der Waals surface area contributed by atoms with Crippen LogP contribution in [-0.2, 0) is 17.9 Å². The molecule has 3 rings (SSSR count). The number of rotatable bonds is 8. The fourth-order valence-electron chi connectivity index (χ4n) is 3.66. The minimum absolute atomic E-state index is 0. The molecular formula is C24H33IN4O2. The second kappa shape index (κ2) is 13.2. The lowest BCUT2D eigenvalue weighted by Gasteiger charge is -2.13. The zero-order chi connectivity index (χ0) is 21.2. The van der Waals surface area contributed by atoms with Gasteiger partial charge >= 0.3 is 0 Å². The van der Waals surface area contributed by atoms with Gasteiger partial charge in [-0.05, 0) is 55.2 Å². The number of guanidine groups is 1. The summed E-state index contributed by atoms with van der Waals surface area (Å²) in [6, 6.07) is 15.9. The molecule has 0 heterocycles. The molecule has 2 aromatic rings. The number of carbonyl (C=O) groups is 1. The van der Waals surface area contributed by atoms with Crippen molar-refractivity contribution in [3.63, 3.8) is 0 Å². The predicted molar refractivity (Wildman–Crippen MR) is 137 cm³/mol. The van der Waals surface area contributed by atoms with E-state index in [-0.39, 0.29) is 35.8 Å². The zero-order valence-electron chi connectivity index (χ0n) is 18.3. The third-order valence-corrected chi connectivity index (χ3v) is 5.28. The van der Waals surface area contributed by atoms with Crippen molar-refractivity contribution in [3.8, 4) is 5.75 Å². The zero-order valence-corrected chi connectivity index (χ0v) is 20.6. The summed E-state index contributed by atoms with van der Waals surface area (Å²) in [5, 5.41) is 9.69. The maximum atomic E-state index is 12.4. The standard InChI is InChI=1S/C24H32N4O2.HI/c1-3-25-24(27-17-19-9-7-13-22(15-19)30-2)26-16-18-8-6-12-21(14-18)28-23(29)20-10-4-5-11-20;/h6-9,12-15,20H,3-5,10-11,16-17H2,1-2H3,(H,28,29)(H2,25,26,27);1H. The van der Waals surface area contributed by atoms with Gasteiger partial charge in [0.2, 0.25) is 5.91 Å². The number of anilines is 1. The topological polar surface area (TPSA) is 74.8 Å². The molecule has 1 fully saturated rings. The number of hydrogen-bond donors (Lipinski definition) is 3. The highest BCUT2D eigenvalue weighted by Gasteiger charge is 2.22. The monoisotopic (exact) mass is 536 g/mol. The van der Waals surface area contributed by atoms with E-state index >= 15 is 0 Å². The summed E-state index contributed by atoms with van der Waals surface area (Å²) in [6.07, 6.45) is 4.31. The smallest absolute Gasteiger partial charge is 0.227 e. The molecule has 3 N–H and O–H groups in total. The number of nitrogens with one attached hydrogen (secondary N) is 3. The molecule has 0 atom stereocenters. The van der Waals surface area contributed by atoms with Gasteiger partial charge in [0.25, 0.3) is 0 Å². The summed E-state index contributed by atoms with van der Waals surface area (Å²) in [5.74, 6) is 1.89. The van der Waals surface area contributed by atoms with E-state index in [1.54, 1.807) is 7.11 Å². The Kier molecular flexibility index (Phi) is 10.6. The van der Waals surface area contributed by atoms with Crippen molar-refractivity contribution < 1.29 is 9.53 Å². The van der Waals surface area contributed by atoms with Crippen LogP contribution in [0.3, 0.4) is 0 Å². The Morgan fingerprint density at radius 1 is 1.06 bits per heavy atom. The fraction of sp³-hybridized carbons (Fsp3) is 0.417. The molecule has 0 saturated heterocycles. The van der Waals surface area contributed by atoms with Gasteiger partial charge in [-0.1, -0.05) is 37.1 Å². The highest BCUT2D eigenvalue weighted by Crippen LogP contribution is 2.26. The first kappa shape index (κ1) is 25.0. The van der Waals surface area contributed by atoms with Crippen LogP contribution < -0.4 is 20.7 Å². The van der Waals surface area contributed by atoms with Crippen molar-refractivity contribution in [3.05, 3.63) is 59.7 Å². The molecule has 0 unspecified atom stereocenters. The van der Waals surface area contributed by atoms with E-state index in [0.29, 0.717) is 13.1 Å². The molecule has 31 heavy (non-hydrogen) atoms. The van der Waals surface area contributed by atoms with Gasteiger partial charge in [-0.15, -0.1) is 24.0 Å². The van der Waals surface area contributed by atoms with Gasteiger partial charge in [0, 0.05) is 24.7 Å². The summed E-state index contributed by atoms with van der Waals surface area (Å²) in [7, 11) is 1.67. The highest BCUT2D eigenvalue weighted by atomic mass is 127. The average molecular weight is 536 g/mol. The highest BCUT2D eigenvalue weighted by molar-refractivity contribution is 14.0. The summed E-state index contributed by atoms with van der Waals surface area (Å²) >= 11 is 0. The van der Waals surface area contributed by atoms with E-state index < -0.39 is 0 Å². The molecular weight excluding hydrogens is 503 g/mol. The first-order chi connectivity index (χ1) is 14.7. The van der Waals surface area contributed by atoms with E-state index in [1.807, 2.05) is 49.4 Å². The number of carbonyl (C=O) groups excluding carboxylic acids is 1. The first-order valence-electron chi connectivity index (χ1n) is 10.7. The Bertz CT molecular complexity index is 866. The van der Waals surface area contributed by atoms with E-state index in [2.05, 4.69) is 27.0 Å². The molecule has 1 aliphatic carbocycles. The van der Waals surface area contributed by atoms with Crippen molar-refractivity contribution in [1.29, 1.82) is 0 Å². The molecule has 0 aromatic heterocycles. The molecule has 1 saturated carbocycles. The third-order valence-electron chi connectivity index (χ3n) is 5.28. The number of aliphatic imine (C=N–C) groups is 1. The van der Waals surface area contributed by atoms with Gasteiger partial charge in [0.05, 0.1) is 13.7 Å². The van der Waals surface area contributed by atoms with Gasteiger partial charge in [-0.3, -0.25) is 4.79 Å². The Labute approximate surface area is 202 Å². The number of halogens is 1. The first-order valence-corrected chi connectivity index (χ1v) is 10.7. The van der Waals surface area contributed by atoms with Gasteiger partial charge in [0.1, 0.15) is 5.75 Å². The Hall–Kier alpha value is -2.29. The predicted octanol–water partition coefficient (Wildman–Crippen LogP) is 4.70. The summed E-state index contributed by atoms with van der Waals surface area (Å²) in [5.41, 5.74) is 3.02. The molecule has 168 valence electrons. The van der Waals surface area contributed by atoms with Crippen LogP contribution in [0.25, 0.3) is 0 Å². The van der Waals surface area contributed by atoms with Crippen LogP contribution in [0.4, 0.5) is 5.69 Å². The van der Waals surface area contributed by atoms with E-state index in [9.17, 15) is 4.79 Å². The average Bonchev–Trinajstić information content (AvgIpc) is 3.31. The Balaban J connectivity index is 0.00000341. The van der Waals surface area contributed by atoms with E-state index in [4.69, 9.17) is 4.74 Å². The number of amides is 1. The van der Waals surface area contributed by atoms with Gasteiger partial charge in [-0.25, -0.2) is 4.99 Å². The van der Waals surface area contributed by atoms with Crippen molar-refractivity contribution >= 4 is 41.5 Å². The maximum Gasteiger partial charge on any atom is 0.227 e. The van der Waals surface area contributed by atoms with Gasteiger partial charge in [0.15, 0.2) is 5.96 Å². The summed E-state index contributed by atoms with van der Waals surface area (Å²) in [4.78, 5) is 17.1. The quantitative estimate of drug-likeness (QED) is 0.260. The second-order valence-corrected chi connectivity index (χ2v) is 7.57. The van der Waals surface area contributed by atoms with Gasteiger partial charge < -0.3 is 20.7 Å². The molecule has 0 radical (unpaired) electrons.